The molecule has 0 heterocycles. The van der Waals surface area contributed by atoms with Gasteiger partial charge in [-0.15, -0.1) is 0 Å². The van der Waals surface area contributed by atoms with Crippen molar-refractivity contribution in [1.29, 1.82) is 0 Å². The third-order valence-electron chi connectivity index (χ3n) is 3.38. The Balaban J connectivity index is 1.66. The molecule has 0 bridgehead atoms. The molecule has 3 aromatic carbocycles. The van der Waals surface area contributed by atoms with E-state index < -0.39 is 0 Å². The molecule has 0 aliphatic carbocycles. The predicted molar refractivity (Wildman–Crippen MR) is 91.0 cm³/mol. The van der Waals surface area contributed by atoms with E-state index in [2.05, 4.69) is 12.1 Å². The molecule has 0 amide bonds. The first-order valence-electron chi connectivity index (χ1n) is 7.52. The molecular weight excluding hydrogens is 288 g/mol. The molecule has 0 atom stereocenters. The van der Waals surface area contributed by atoms with Gasteiger partial charge < -0.3 is 14.6 Å². The number of hydrogen-bond donors (Lipinski definition) is 1. The molecule has 0 aliphatic rings. The van der Waals surface area contributed by atoms with E-state index in [0.717, 1.165) is 17.1 Å². The quantitative estimate of drug-likeness (QED) is 0.728. The second-order valence-corrected chi connectivity index (χ2v) is 5.04. The van der Waals surface area contributed by atoms with Crippen molar-refractivity contribution in [3.63, 3.8) is 0 Å². The van der Waals surface area contributed by atoms with Crippen molar-refractivity contribution < 1.29 is 14.6 Å². The first kappa shape index (κ1) is 15.1. The molecule has 23 heavy (non-hydrogen) atoms. The lowest BCUT2D eigenvalue weighted by Crippen LogP contribution is -2.01. The highest BCUT2D eigenvalue weighted by Gasteiger charge is 2.01. The summed E-state index contributed by atoms with van der Waals surface area (Å²) in [5, 5.41) is 8.73. The lowest BCUT2D eigenvalue weighted by molar-refractivity contribution is 0.201. The van der Waals surface area contributed by atoms with Crippen molar-refractivity contribution in [3.8, 4) is 28.4 Å². The van der Waals surface area contributed by atoms with E-state index >= 15 is 0 Å². The molecule has 3 aromatic rings. The van der Waals surface area contributed by atoms with E-state index in [1.54, 1.807) is 0 Å². The summed E-state index contributed by atoms with van der Waals surface area (Å²) in [6.45, 7) is 0.299. The summed E-state index contributed by atoms with van der Waals surface area (Å²) in [5.41, 5.74) is 2.34. The number of hydrogen-bond acceptors (Lipinski definition) is 3. The Morgan fingerprint density at radius 2 is 1.13 bits per heavy atom. The SMILES string of the molecule is OCCOc1ccc(Oc2ccc(-c3ccccc3)cc2)cc1. The Kier molecular flexibility index (Phi) is 4.92. The second kappa shape index (κ2) is 7.47. The lowest BCUT2D eigenvalue weighted by Gasteiger charge is -2.08. The average Bonchev–Trinajstić information content (AvgIpc) is 2.62. The van der Waals surface area contributed by atoms with E-state index in [0.29, 0.717) is 12.4 Å². The average molecular weight is 306 g/mol. The number of aliphatic hydroxyl groups excluding tert-OH is 1. The molecule has 0 saturated heterocycles. The summed E-state index contributed by atoms with van der Waals surface area (Å²) in [5.74, 6) is 2.24. The van der Waals surface area contributed by atoms with Crippen LogP contribution in [0, 0.1) is 0 Å². The number of benzene rings is 3. The Bertz CT molecular complexity index is 719. The largest absolute Gasteiger partial charge is 0.491 e. The molecular formula is C20H18O3. The van der Waals surface area contributed by atoms with Crippen LogP contribution in [0.4, 0.5) is 0 Å². The van der Waals surface area contributed by atoms with E-state index in [1.165, 1.54) is 5.56 Å². The normalized spacial score (nSPS) is 10.3. The minimum Gasteiger partial charge on any atom is -0.491 e. The fourth-order valence-corrected chi connectivity index (χ4v) is 2.25. The van der Waals surface area contributed by atoms with Crippen molar-refractivity contribution in [2.75, 3.05) is 13.2 Å². The zero-order valence-electron chi connectivity index (χ0n) is 12.7. The maximum atomic E-state index is 8.73. The van der Waals surface area contributed by atoms with Crippen LogP contribution < -0.4 is 9.47 Å². The van der Waals surface area contributed by atoms with Crippen LogP contribution in [0.3, 0.4) is 0 Å². The van der Waals surface area contributed by atoms with Crippen LogP contribution in [0.2, 0.25) is 0 Å². The molecule has 0 unspecified atom stereocenters. The second-order valence-electron chi connectivity index (χ2n) is 5.04. The van der Waals surface area contributed by atoms with Crippen LogP contribution in [-0.4, -0.2) is 18.3 Å². The van der Waals surface area contributed by atoms with Crippen LogP contribution in [0.1, 0.15) is 0 Å². The summed E-state index contributed by atoms with van der Waals surface area (Å²) in [7, 11) is 0. The van der Waals surface area contributed by atoms with Crippen LogP contribution in [0.15, 0.2) is 78.9 Å². The van der Waals surface area contributed by atoms with Crippen LogP contribution in [-0.2, 0) is 0 Å². The highest BCUT2D eigenvalue weighted by Crippen LogP contribution is 2.26. The summed E-state index contributed by atoms with van der Waals surface area (Å²) in [4.78, 5) is 0. The van der Waals surface area contributed by atoms with Gasteiger partial charge in [0.05, 0.1) is 6.61 Å². The zero-order valence-corrected chi connectivity index (χ0v) is 12.7. The lowest BCUT2D eigenvalue weighted by atomic mass is 10.1. The molecule has 0 aromatic heterocycles. The van der Waals surface area contributed by atoms with E-state index in [1.807, 2.05) is 66.7 Å². The predicted octanol–water partition coefficient (Wildman–Crippen LogP) is 4.52. The smallest absolute Gasteiger partial charge is 0.127 e. The van der Waals surface area contributed by atoms with E-state index in [9.17, 15) is 0 Å². The van der Waals surface area contributed by atoms with Gasteiger partial charge in [0, 0.05) is 0 Å². The molecule has 3 heteroatoms. The Morgan fingerprint density at radius 3 is 1.74 bits per heavy atom. The topological polar surface area (TPSA) is 38.7 Å². The molecule has 0 spiro atoms. The van der Waals surface area contributed by atoms with Crippen LogP contribution in [0.25, 0.3) is 11.1 Å². The molecule has 116 valence electrons. The third kappa shape index (κ3) is 4.11. The van der Waals surface area contributed by atoms with Gasteiger partial charge in [-0.3, -0.25) is 0 Å². The molecule has 1 N–H and O–H groups in total. The third-order valence-corrected chi connectivity index (χ3v) is 3.38. The summed E-state index contributed by atoms with van der Waals surface area (Å²) < 4.78 is 11.1. The van der Waals surface area contributed by atoms with Gasteiger partial charge >= 0.3 is 0 Å². The van der Waals surface area contributed by atoms with Gasteiger partial charge in [-0.2, -0.15) is 0 Å². The molecule has 3 rings (SSSR count). The first-order chi connectivity index (χ1) is 11.3. The maximum absolute atomic E-state index is 8.73. The highest BCUT2D eigenvalue weighted by molar-refractivity contribution is 5.64. The van der Waals surface area contributed by atoms with Gasteiger partial charge in [-0.05, 0) is 47.5 Å². The van der Waals surface area contributed by atoms with E-state index in [4.69, 9.17) is 14.6 Å². The van der Waals surface area contributed by atoms with Crippen molar-refractivity contribution in [2.24, 2.45) is 0 Å². The van der Waals surface area contributed by atoms with Gasteiger partial charge in [0.1, 0.15) is 23.9 Å². The highest BCUT2D eigenvalue weighted by atomic mass is 16.5. The molecule has 0 saturated carbocycles. The molecule has 3 nitrogen and oxygen atoms in total. The standard InChI is InChI=1S/C20H18O3/c21-14-15-22-18-10-12-20(13-11-18)23-19-8-6-17(7-9-19)16-4-2-1-3-5-16/h1-13,21H,14-15H2. The fraction of sp³-hybridized carbons (Fsp3) is 0.100. The fourth-order valence-electron chi connectivity index (χ4n) is 2.25. The molecule has 0 aliphatic heterocycles. The van der Waals surface area contributed by atoms with E-state index in [-0.39, 0.29) is 6.61 Å². The Morgan fingerprint density at radius 1 is 0.609 bits per heavy atom. The summed E-state index contributed by atoms with van der Waals surface area (Å²) >= 11 is 0. The van der Waals surface area contributed by atoms with Crippen molar-refractivity contribution in [1.82, 2.24) is 0 Å². The number of rotatable bonds is 6. The van der Waals surface area contributed by atoms with Crippen LogP contribution in [0.5, 0.6) is 17.2 Å². The van der Waals surface area contributed by atoms with Crippen LogP contribution >= 0.6 is 0 Å². The number of aliphatic hydroxyl groups is 1. The molecule has 0 fully saturated rings. The van der Waals surface area contributed by atoms with Crippen molar-refractivity contribution in [3.05, 3.63) is 78.9 Å². The summed E-state index contributed by atoms with van der Waals surface area (Å²) in [6.07, 6.45) is 0. The first-order valence-corrected chi connectivity index (χ1v) is 7.52. The monoisotopic (exact) mass is 306 g/mol. The maximum Gasteiger partial charge on any atom is 0.127 e. The zero-order chi connectivity index (χ0) is 15.9. The van der Waals surface area contributed by atoms with Crippen molar-refractivity contribution >= 4 is 0 Å². The minimum atomic E-state index is 0.00597. The minimum absolute atomic E-state index is 0.00597. The Labute approximate surface area is 135 Å². The van der Waals surface area contributed by atoms with Gasteiger partial charge in [0.15, 0.2) is 0 Å². The van der Waals surface area contributed by atoms with Crippen molar-refractivity contribution in [2.45, 2.75) is 0 Å². The van der Waals surface area contributed by atoms with Gasteiger partial charge in [0.2, 0.25) is 0 Å². The summed E-state index contributed by atoms with van der Waals surface area (Å²) in [6, 6.07) is 25.6. The van der Waals surface area contributed by atoms with Gasteiger partial charge in [-0.25, -0.2) is 0 Å². The van der Waals surface area contributed by atoms with Gasteiger partial charge in [-0.1, -0.05) is 42.5 Å². The molecule has 0 radical (unpaired) electrons. The Hall–Kier alpha value is -2.78. The van der Waals surface area contributed by atoms with Gasteiger partial charge in [0.25, 0.3) is 0 Å². The number of ether oxygens (including phenoxy) is 2.